The zero-order valence-electron chi connectivity index (χ0n) is 13.7. The lowest BCUT2D eigenvalue weighted by atomic mass is 9.92. The molecule has 2 aromatic rings. The number of carbonyl (C=O) groups excluding carboxylic acids is 1. The molecular formula is C20H17FO4. The molecule has 0 aliphatic carbocycles. The Hall–Kier alpha value is -2.95. The maximum atomic E-state index is 13.0. The van der Waals surface area contributed by atoms with Crippen molar-refractivity contribution in [2.75, 3.05) is 6.61 Å². The minimum atomic E-state index is -0.901. The van der Waals surface area contributed by atoms with E-state index in [4.69, 9.17) is 4.74 Å². The minimum Gasteiger partial charge on any atom is -0.488 e. The van der Waals surface area contributed by atoms with Gasteiger partial charge < -0.3 is 9.84 Å². The summed E-state index contributed by atoms with van der Waals surface area (Å²) in [6.07, 6.45) is 2.13. The summed E-state index contributed by atoms with van der Waals surface area (Å²) in [6.45, 7) is 1.89. The first-order valence-electron chi connectivity index (χ1n) is 8.00. The number of carboxylic acid groups (broad SMARTS) is 1. The predicted octanol–water partition coefficient (Wildman–Crippen LogP) is 4.06. The summed E-state index contributed by atoms with van der Waals surface area (Å²) in [5.74, 6) is -1.63. The summed E-state index contributed by atoms with van der Waals surface area (Å²) in [6, 6.07) is 10.7. The van der Waals surface area contributed by atoms with Crippen LogP contribution in [-0.2, 0) is 4.79 Å². The zero-order chi connectivity index (χ0) is 18.0. The first-order valence-corrected chi connectivity index (χ1v) is 8.00. The third-order valence-electron chi connectivity index (χ3n) is 4.24. The van der Waals surface area contributed by atoms with Crippen molar-refractivity contribution in [2.24, 2.45) is 0 Å². The number of hydrogen-bond acceptors (Lipinski definition) is 3. The van der Waals surface area contributed by atoms with Crippen molar-refractivity contribution in [1.29, 1.82) is 0 Å². The third-order valence-corrected chi connectivity index (χ3v) is 4.24. The molecule has 1 aliphatic rings. The van der Waals surface area contributed by atoms with Gasteiger partial charge in [0.1, 0.15) is 18.2 Å². The van der Waals surface area contributed by atoms with Crippen molar-refractivity contribution in [3.05, 3.63) is 70.5 Å². The maximum absolute atomic E-state index is 13.0. The number of ether oxygens (including phenoxy) is 1. The molecular weight excluding hydrogens is 323 g/mol. The van der Waals surface area contributed by atoms with Crippen LogP contribution in [0.25, 0.3) is 6.08 Å². The zero-order valence-corrected chi connectivity index (χ0v) is 13.7. The van der Waals surface area contributed by atoms with Gasteiger partial charge in [0.05, 0.1) is 11.5 Å². The fraction of sp³-hybridized carbons (Fsp3) is 0.200. The van der Waals surface area contributed by atoms with E-state index in [2.05, 4.69) is 0 Å². The Bertz CT molecular complexity index is 852. The molecule has 0 aromatic heterocycles. The minimum absolute atomic E-state index is 0.0938. The Morgan fingerprint density at radius 3 is 2.64 bits per heavy atom. The molecule has 1 N–H and O–H groups in total. The standard InChI is InChI=1S/C20H17FO4/c1-2-16(20(23)24)13-5-8-17-18(10-13)25-11-14(19(17)22)9-12-3-6-15(21)7-4-12/h3-10,16H,2,11H2,1H3,(H,23,24)/b14-9+. The molecule has 0 saturated carbocycles. The van der Waals surface area contributed by atoms with E-state index in [0.29, 0.717) is 34.4 Å². The second-order valence-corrected chi connectivity index (χ2v) is 5.89. The summed E-state index contributed by atoms with van der Waals surface area (Å²) in [4.78, 5) is 23.9. The second kappa shape index (κ2) is 6.89. The summed E-state index contributed by atoms with van der Waals surface area (Å²) >= 11 is 0. The lowest BCUT2D eigenvalue weighted by Crippen LogP contribution is -2.20. The van der Waals surface area contributed by atoms with E-state index >= 15 is 0 Å². The van der Waals surface area contributed by atoms with Crippen LogP contribution >= 0.6 is 0 Å². The molecule has 0 fully saturated rings. The van der Waals surface area contributed by atoms with E-state index in [9.17, 15) is 19.1 Å². The molecule has 1 aliphatic heterocycles. The first-order chi connectivity index (χ1) is 12.0. The van der Waals surface area contributed by atoms with E-state index in [1.54, 1.807) is 43.3 Å². The van der Waals surface area contributed by atoms with Gasteiger partial charge in [-0.3, -0.25) is 9.59 Å². The van der Waals surface area contributed by atoms with E-state index in [1.807, 2.05) is 0 Å². The van der Waals surface area contributed by atoms with Gasteiger partial charge in [-0.05, 0) is 47.9 Å². The molecule has 2 aromatic carbocycles. The smallest absolute Gasteiger partial charge is 0.310 e. The van der Waals surface area contributed by atoms with Crippen LogP contribution in [0.3, 0.4) is 0 Å². The highest BCUT2D eigenvalue weighted by atomic mass is 19.1. The molecule has 5 heteroatoms. The Labute approximate surface area is 144 Å². The number of ketones is 1. The second-order valence-electron chi connectivity index (χ2n) is 5.89. The number of rotatable bonds is 4. The highest BCUT2D eigenvalue weighted by Gasteiger charge is 2.26. The fourth-order valence-corrected chi connectivity index (χ4v) is 2.88. The van der Waals surface area contributed by atoms with Crippen molar-refractivity contribution in [3.63, 3.8) is 0 Å². The molecule has 0 radical (unpaired) electrons. The number of hydrogen-bond donors (Lipinski definition) is 1. The Kier molecular flexibility index (Phi) is 4.65. The van der Waals surface area contributed by atoms with Crippen LogP contribution in [0.2, 0.25) is 0 Å². The maximum Gasteiger partial charge on any atom is 0.310 e. The number of Topliss-reactive ketones (excluding diaryl/α,β-unsaturated/α-hetero) is 1. The lowest BCUT2D eigenvalue weighted by molar-refractivity contribution is -0.138. The van der Waals surface area contributed by atoms with Gasteiger partial charge >= 0.3 is 5.97 Å². The van der Waals surface area contributed by atoms with Gasteiger partial charge in [-0.2, -0.15) is 0 Å². The Morgan fingerprint density at radius 1 is 1.28 bits per heavy atom. The highest BCUT2D eigenvalue weighted by molar-refractivity contribution is 6.14. The highest BCUT2D eigenvalue weighted by Crippen LogP contribution is 2.32. The lowest BCUT2D eigenvalue weighted by Gasteiger charge is -2.21. The van der Waals surface area contributed by atoms with Crippen molar-refractivity contribution >= 4 is 17.8 Å². The molecule has 128 valence electrons. The van der Waals surface area contributed by atoms with Crippen LogP contribution in [0.15, 0.2) is 48.0 Å². The Balaban J connectivity index is 1.91. The van der Waals surface area contributed by atoms with Crippen molar-refractivity contribution in [2.45, 2.75) is 19.3 Å². The van der Waals surface area contributed by atoms with Gasteiger partial charge in [-0.25, -0.2) is 4.39 Å². The van der Waals surface area contributed by atoms with Crippen molar-refractivity contribution in [3.8, 4) is 5.75 Å². The number of aliphatic carboxylic acids is 1. The van der Waals surface area contributed by atoms with E-state index in [1.165, 1.54) is 12.1 Å². The normalized spacial score (nSPS) is 16.2. The molecule has 3 rings (SSSR count). The van der Waals surface area contributed by atoms with Crippen LogP contribution in [0.5, 0.6) is 5.75 Å². The fourth-order valence-electron chi connectivity index (χ4n) is 2.88. The summed E-state index contributed by atoms with van der Waals surface area (Å²) in [7, 11) is 0. The van der Waals surface area contributed by atoms with E-state index in [-0.39, 0.29) is 18.2 Å². The topological polar surface area (TPSA) is 63.6 Å². The first kappa shape index (κ1) is 16.9. The molecule has 1 heterocycles. The molecule has 1 unspecified atom stereocenters. The molecule has 25 heavy (non-hydrogen) atoms. The molecule has 1 atom stereocenters. The largest absolute Gasteiger partial charge is 0.488 e. The molecule has 4 nitrogen and oxygen atoms in total. The number of carboxylic acids is 1. The van der Waals surface area contributed by atoms with E-state index in [0.717, 1.165) is 0 Å². The van der Waals surface area contributed by atoms with E-state index < -0.39 is 11.9 Å². The van der Waals surface area contributed by atoms with Crippen LogP contribution in [-0.4, -0.2) is 23.5 Å². The predicted molar refractivity (Wildman–Crippen MR) is 91.3 cm³/mol. The number of fused-ring (bicyclic) bond motifs is 1. The van der Waals surface area contributed by atoms with Gasteiger partial charge in [0.15, 0.2) is 5.78 Å². The number of carbonyl (C=O) groups is 2. The van der Waals surface area contributed by atoms with Gasteiger partial charge in [0.2, 0.25) is 0 Å². The quantitative estimate of drug-likeness (QED) is 0.853. The van der Waals surface area contributed by atoms with Crippen LogP contribution < -0.4 is 4.74 Å². The third kappa shape index (κ3) is 3.45. The number of halogens is 1. The molecule has 0 amide bonds. The van der Waals surface area contributed by atoms with Crippen molar-refractivity contribution in [1.82, 2.24) is 0 Å². The number of benzene rings is 2. The van der Waals surface area contributed by atoms with Crippen molar-refractivity contribution < 1.29 is 23.8 Å². The molecule has 0 bridgehead atoms. The molecule has 0 saturated heterocycles. The van der Waals surface area contributed by atoms with Gasteiger partial charge in [-0.1, -0.05) is 25.1 Å². The van der Waals surface area contributed by atoms with Gasteiger partial charge in [-0.15, -0.1) is 0 Å². The average molecular weight is 340 g/mol. The average Bonchev–Trinajstić information content (AvgIpc) is 2.59. The monoisotopic (exact) mass is 340 g/mol. The van der Waals surface area contributed by atoms with Crippen LogP contribution in [0, 0.1) is 5.82 Å². The Morgan fingerprint density at radius 2 is 2.00 bits per heavy atom. The molecule has 0 spiro atoms. The van der Waals surface area contributed by atoms with Crippen LogP contribution in [0.4, 0.5) is 4.39 Å². The van der Waals surface area contributed by atoms with Gasteiger partial charge in [0, 0.05) is 5.57 Å². The summed E-state index contributed by atoms with van der Waals surface area (Å²) in [5, 5.41) is 9.26. The van der Waals surface area contributed by atoms with Crippen LogP contribution in [0.1, 0.15) is 40.7 Å². The summed E-state index contributed by atoms with van der Waals surface area (Å²) < 4.78 is 18.6. The van der Waals surface area contributed by atoms with Gasteiger partial charge in [0.25, 0.3) is 0 Å². The summed E-state index contributed by atoms with van der Waals surface area (Å²) in [5.41, 5.74) is 2.21. The SMILES string of the molecule is CCC(C(=O)O)c1ccc2c(c1)OC/C(=C\c1ccc(F)cc1)C2=O.